The molecule has 1 fully saturated rings. The van der Waals surface area contributed by atoms with Gasteiger partial charge in [-0.15, -0.1) is 0 Å². The first-order chi connectivity index (χ1) is 8.62. The quantitative estimate of drug-likeness (QED) is 0.847. The van der Waals surface area contributed by atoms with E-state index in [1.165, 1.54) is 24.3 Å². The van der Waals surface area contributed by atoms with Gasteiger partial charge in [-0.1, -0.05) is 0 Å². The Morgan fingerprint density at radius 2 is 1.53 bits per heavy atom. The predicted octanol–water partition coefficient (Wildman–Crippen LogP) is 0.555. The van der Waals surface area contributed by atoms with E-state index in [2.05, 4.69) is 4.72 Å². The van der Waals surface area contributed by atoms with Crippen molar-refractivity contribution in [3.8, 4) is 0 Å². The van der Waals surface area contributed by atoms with Gasteiger partial charge in [0.25, 0.3) is 0 Å². The number of primary sulfonamides is 1. The highest BCUT2D eigenvalue weighted by atomic mass is 32.2. The third kappa shape index (κ3) is 3.14. The Hall–Kier alpha value is -0.960. The van der Waals surface area contributed by atoms with Crippen LogP contribution in [0.1, 0.15) is 26.2 Å². The maximum absolute atomic E-state index is 12.1. The molecule has 19 heavy (non-hydrogen) atoms. The lowest BCUT2D eigenvalue weighted by atomic mass is 9.80. The highest BCUT2D eigenvalue weighted by Crippen LogP contribution is 2.32. The molecule has 1 aromatic rings. The predicted molar refractivity (Wildman–Crippen MR) is 70.4 cm³/mol. The summed E-state index contributed by atoms with van der Waals surface area (Å²) in [6.07, 6.45) is 2.62. The summed E-state index contributed by atoms with van der Waals surface area (Å²) in [6, 6.07) is 4.86. The molecule has 0 aliphatic heterocycles. The van der Waals surface area contributed by atoms with Crippen LogP contribution in [0.15, 0.2) is 34.1 Å². The van der Waals surface area contributed by atoms with Gasteiger partial charge in [-0.2, -0.15) is 0 Å². The van der Waals surface area contributed by atoms with Crippen molar-refractivity contribution < 1.29 is 16.8 Å². The van der Waals surface area contributed by atoms with Crippen LogP contribution in [0.25, 0.3) is 0 Å². The average Bonchev–Trinajstić information content (AvgIpc) is 2.25. The fourth-order valence-corrected chi connectivity index (χ4v) is 3.98. The number of rotatable bonds is 4. The number of sulfonamides is 2. The van der Waals surface area contributed by atoms with E-state index >= 15 is 0 Å². The van der Waals surface area contributed by atoms with Gasteiger partial charge >= 0.3 is 0 Å². The highest BCUT2D eigenvalue weighted by Gasteiger charge is 2.36. The summed E-state index contributed by atoms with van der Waals surface area (Å²) in [4.78, 5) is -0.0747. The molecule has 1 aliphatic carbocycles. The Bertz CT molecular complexity index is 674. The molecule has 1 aromatic carbocycles. The molecule has 0 unspecified atom stereocenters. The van der Waals surface area contributed by atoms with Crippen LogP contribution in [0.2, 0.25) is 0 Å². The van der Waals surface area contributed by atoms with Crippen LogP contribution in [-0.4, -0.2) is 22.4 Å². The minimum absolute atomic E-state index is 0.0352. The van der Waals surface area contributed by atoms with Gasteiger partial charge in [0.15, 0.2) is 0 Å². The molecule has 0 aromatic heterocycles. The highest BCUT2D eigenvalue weighted by molar-refractivity contribution is 7.89. The number of hydrogen-bond donors (Lipinski definition) is 2. The molecule has 8 heteroatoms. The van der Waals surface area contributed by atoms with Crippen molar-refractivity contribution in [2.75, 3.05) is 0 Å². The van der Waals surface area contributed by atoms with Gasteiger partial charge in [-0.05, 0) is 50.5 Å². The minimum Gasteiger partial charge on any atom is -0.225 e. The molecule has 0 atom stereocenters. The molecule has 1 aliphatic rings. The van der Waals surface area contributed by atoms with Crippen molar-refractivity contribution in [2.45, 2.75) is 41.5 Å². The molecule has 3 N–H and O–H groups in total. The minimum atomic E-state index is -3.81. The van der Waals surface area contributed by atoms with Crippen LogP contribution >= 0.6 is 0 Å². The second kappa shape index (κ2) is 4.55. The Morgan fingerprint density at radius 1 is 1.05 bits per heavy atom. The van der Waals surface area contributed by atoms with Crippen molar-refractivity contribution in [3.63, 3.8) is 0 Å². The van der Waals surface area contributed by atoms with Crippen LogP contribution in [-0.2, 0) is 20.0 Å². The van der Waals surface area contributed by atoms with E-state index in [9.17, 15) is 16.8 Å². The van der Waals surface area contributed by atoms with Crippen LogP contribution < -0.4 is 9.86 Å². The van der Waals surface area contributed by atoms with Crippen molar-refractivity contribution in [1.29, 1.82) is 0 Å². The Balaban J connectivity index is 2.26. The van der Waals surface area contributed by atoms with Crippen molar-refractivity contribution in [1.82, 2.24) is 4.72 Å². The number of nitrogens with two attached hydrogens (primary N) is 1. The zero-order valence-electron chi connectivity index (χ0n) is 10.5. The van der Waals surface area contributed by atoms with Gasteiger partial charge in [0.2, 0.25) is 20.0 Å². The summed E-state index contributed by atoms with van der Waals surface area (Å²) in [6.45, 7) is 1.85. The van der Waals surface area contributed by atoms with E-state index in [1.54, 1.807) is 0 Å². The first-order valence-corrected chi connectivity index (χ1v) is 8.82. The summed E-state index contributed by atoms with van der Waals surface area (Å²) >= 11 is 0. The summed E-state index contributed by atoms with van der Waals surface area (Å²) in [5.41, 5.74) is -0.391. The molecular formula is C11H16N2O4S2. The van der Waals surface area contributed by atoms with Crippen molar-refractivity contribution >= 4 is 20.0 Å². The lowest BCUT2D eigenvalue weighted by Crippen LogP contribution is -2.50. The largest absolute Gasteiger partial charge is 0.241 e. The molecular weight excluding hydrogens is 288 g/mol. The number of benzene rings is 1. The Labute approximate surface area is 113 Å². The zero-order valence-corrected chi connectivity index (χ0v) is 12.1. The lowest BCUT2D eigenvalue weighted by Gasteiger charge is -2.38. The molecule has 0 saturated heterocycles. The summed E-state index contributed by atoms with van der Waals surface area (Å²) < 4.78 is 49.0. The third-order valence-corrected chi connectivity index (χ3v) is 5.88. The van der Waals surface area contributed by atoms with E-state index in [0.717, 1.165) is 19.3 Å². The summed E-state index contributed by atoms with van der Waals surface area (Å²) in [7, 11) is -7.44. The van der Waals surface area contributed by atoms with Crippen molar-refractivity contribution in [3.05, 3.63) is 24.3 Å². The monoisotopic (exact) mass is 304 g/mol. The molecule has 0 amide bonds. The fourth-order valence-electron chi connectivity index (χ4n) is 2.00. The van der Waals surface area contributed by atoms with Crippen LogP contribution in [0.4, 0.5) is 0 Å². The van der Waals surface area contributed by atoms with E-state index in [-0.39, 0.29) is 9.79 Å². The second-order valence-electron chi connectivity index (χ2n) is 5.04. The number of hydrogen-bond acceptors (Lipinski definition) is 4. The molecule has 1 saturated carbocycles. The topological polar surface area (TPSA) is 106 Å². The van der Waals surface area contributed by atoms with Gasteiger partial charge in [0.05, 0.1) is 9.79 Å². The molecule has 6 nitrogen and oxygen atoms in total. The van der Waals surface area contributed by atoms with E-state index in [0.29, 0.717) is 0 Å². The van der Waals surface area contributed by atoms with Crippen LogP contribution in [0.5, 0.6) is 0 Å². The van der Waals surface area contributed by atoms with E-state index in [1.807, 2.05) is 6.92 Å². The van der Waals surface area contributed by atoms with Crippen molar-refractivity contribution in [2.24, 2.45) is 5.14 Å². The maximum atomic E-state index is 12.1. The van der Waals surface area contributed by atoms with Gasteiger partial charge in [0.1, 0.15) is 0 Å². The smallest absolute Gasteiger partial charge is 0.225 e. The Morgan fingerprint density at radius 3 is 1.89 bits per heavy atom. The first kappa shape index (κ1) is 14.4. The number of nitrogens with one attached hydrogen (secondary N) is 1. The van der Waals surface area contributed by atoms with Crippen LogP contribution in [0, 0.1) is 0 Å². The normalized spacial score (nSPS) is 18.8. The SMILES string of the molecule is CC1(NS(=O)(=O)c2ccc(S(N)(=O)=O)cc2)CCC1. The fraction of sp³-hybridized carbons (Fsp3) is 0.455. The van der Waals surface area contributed by atoms with Gasteiger partial charge in [0, 0.05) is 5.54 Å². The molecule has 2 rings (SSSR count). The van der Waals surface area contributed by atoms with Gasteiger partial charge in [-0.25, -0.2) is 26.7 Å². The van der Waals surface area contributed by atoms with Gasteiger partial charge < -0.3 is 0 Å². The maximum Gasteiger partial charge on any atom is 0.241 e. The average molecular weight is 304 g/mol. The zero-order chi connectivity index (χ0) is 14.3. The molecule has 0 radical (unpaired) electrons. The molecule has 0 heterocycles. The second-order valence-corrected chi connectivity index (χ2v) is 8.28. The molecule has 106 valence electrons. The summed E-state index contributed by atoms with van der Waals surface area (Å²) in [5, 5.41) is 4.96. The van der Waals surface area contributed by atoms with E-state index < -0.39 is 25.6 Å². The molecule has 0 bridgehead atoms. The van der Waals surface area contributed by atoms with Gasteiger partial charge in [-0.3, -0.25) is 0 Å². The van der Waals surface area contributed by atoms with E-state index in [4.69, 9.17) is 5.14 Å². The first-order valence-electron chi connectivity index (χ1n) is 5.79. The third-order valence-electron chi connectivity index (χ3n) is 3.30. The lowest BCUT2D eigenvalue weighted by molar-refractivity contribution is 0.248. The Kier molecular flexibility index (Phi) is 3.46. The van der Waals surface area contributed by atoms with Crippen LogP contribution in [0.3, 0.4) is 0 Å². The molecule has 0 spiro atoms. The standard InChI is InChI=1S/C11H16N2O4S2/c1-11(7-2-8-11)13-19(16,17)10-5-3-9(4-6-10)18(12,14)15/h3-6,13H,2,7-8H2,1H3,(H2,12,14,15). The summed E-state index contributed by atoms with van der Waals surface area (Å²) in [5.74, 6) is 0.